The van der Waals surface area contributed by atoms with Gasteiger partial charge in [0, 0.05) is 23.4 Å². The number of hydrogen-bond acceptors (Lipinski definition) is 3. The van der Waals surface area contributed by atoms with Gasteiger partial charge in [0.2, 0.25) is 0 Å². The Hall–Kier alpha value is -3.51. The number of para-hydroxylation sites is 3. The van der Waals surface area contributed by atoms with Gasteiger partial charge >= 0.3 is 0 Å². The molecule has 4 nitrogen and oxygen atoms in total. The van der Waals surface area contributed by atoms with Gasteiger partial charge in [-0.2, -0.15) is 0 Å². The number of halogens is 1. The third-order valence-corrected chi connectivity index (χ3v) is 6.61. The van der Waals surface area contributed by atoms with Crippen molar-refractivity contribution in [1.82, 2.24) is 0 Å². The van der Waals surface area contributed by atoms with Gasteiger partial charge in [0.15, 0.2) is 10.9 Å². The van der Waals surface area contributed by atoms with Gasteiger partial charge in [-0.25, -0.2) is 4.39 Å². The smallest absolute Gasteiger partial charge is 0.178 e. The average molecular weight is 472 g/mol. The van der Waals surface area contributed by atoms with Crippen LogP contribution in [0.15, 0.2) is 90.1 Å². The van der Waals surface area contributed by atoms with E-state index in [1.54, 1.807) is 6.07 Å². The number of Topliss-reactive ketones (excluding diaryl/α,β-unsaturated/α-hetero) is 1. The monoisotopic (exact) mass is 471 g/mol. The second-order valence-electron chi connectivity index (χ2n) is 9.60. The third-order valence-electron chi connectivity index (χ3n) is 6.31. The summed E-state index contributed by atoms with van der Waals surface area (Å²) in [6.45, 7) is 4.20. The predicted octanol–water partition coefficient (Wildman–Crippen LogP) is 6.84. The van der Waals surface area contributed by atoms with Crippen molar-refractivity contribution in [3.63, 3.8) is 0 Å². The van der Waals surface area contributed by atoms with Crippen LogP contribution in [-0.4, -0.2) is 10.9 Å². The van der Waals surface area contributed by atoms with Crippen molar-refractivity contribution < 1.29 is 9.18 Å². The highest BCUT2D eigenvalue weighted by molar-refractivity contribution is 7.80. The molecule has 0 saturated heterocycles. The van der Waals surface area contributed by atoms with Crippen LogP contribution >= 0.6 is 12.2 Å². The molecule has 2 aliphatic rings. The van der Waals surface area contributed by atoms with Gasteiger partial charge in [0.05, 0.1) is 17.4 Å². The number of rotatable bonds is 2. The number of nitrogens with one attached hydrogen (secondary N) is 2. The fourth-order valence-electron chi connectivity index (χ4n) is 4.91. The number of anilines is 3. The highest BCUT2D eigenvalue weighted by Gasteiger charge is 2.42. The molecule has 172 valence electrons. The molecule has 1 atom stereocenters. The number of nitrogens with zero attached hydrogens (tertiary/aromatic N) is 1. The van der Waals surface area contributed by atoms with Crippen LogP contribution in [0.2, 0.25) is 0 Å². The van der Waals surface area contributed by atoms with Crippen LogP contribution in [0.3, 0.4) is 0 Å². The van der Waals surface area contributed by atoms with Crippen LogP contribution in [0.5, 0.6) is 0 Å². The van der Waals surface area contributed by atoms with E-state index in [2.05, 4.69) is 24.5 Å². The molecular weight excluding hydrogens is 445 g/mol. The number of carbonyl (C=O) groups is 1. The average Bonchev–Trinajstić information content (AvgIpc) is 2.93. The van der Waals surface area contributed by atoms with E-state index in [0.717, 1.165) is 22.8 Å². The number of fused-ring (bicyclic) bond motifs is 1. The number of carbonyl (C=O) groups excluding carboxylic acids is 1. The molecule has 0 amide bonds. The Kier molecular flexibility index (Phi) is 5.70. The van der Waals surface area contributed by atoms with E-state index < -0.39 is 6.04 Å². The maximum Gasteiger partial charge on any atom is 0.178 e. The molecule has 0 saturated carbocycles. The van der Waals surface area contributed by atoms with Gasteiger partial charge in [-0.1, -0.05) is 56.3 Å². The molecule has 1 heterocycles. The SMILES string of the molecule is CC1(C)CC(=O)C2=C(C1)Nc1ccccc1N(C(=S)Nc1ccccc1)[C@H]2c1cccc(F)c1. The van der Waals surface area contributed by atoms with E-state index in [1.165, 1.54) is 12.1 Å². The van der Waals surface area contributed by atoms with E-state index in [-0.39, 0.29) is 17.0 Å². The molecular formula is C28H26FN3OS. The van der Waals surface area contributed by atoms with Crippen molar-refractivity contribution in [2.45, 2.75) is 32.7 Å². The van der Waals surface area contributed by atoms with Crippen molar-refractivity contribution >= 4 is 40.2 Å². The van der Waals surface area contributed by atoms with Gasteiger partial charge < -0.3 is 15.5 Å². The van der Waals surface area contributed by atoms with Crippen molar-refractivity contribution in [3.8, 4) is 0 Å². The largest absolute Gasteiger partial charge is 0.357 e. The Morgan fingerprint density at radius 1 is 1.03 bits per heavy atom. The highest BCUT2D eigenvalue weighted by atomic mass is 32.1. The molecule has 6 heteroatoms. The Labute approximate surface area is 204 Å². The number of ketones is 1. The molecule has 0 aromatic heterocycles. The topological polar surface area (TPSA) is 44.4 Å². The molecule has 0 bridgehead atoms. The van der Waals surface area contributed by atoms with Crippen LogP contribution < -0.4 is 15.5 Å². The number of thiocarbonyl (C=S) groups is 1. The maximum absolute atomic E-state index is 14.5. The number of hydrogen-bond donors (Lipinski definition) is 2. The minimum atomic E-state index is -0.575. The molecule has 1 aliphatic heterocycles. The fraction of sp³-hybridized carbons (Fsp3) is 0.214. The molecule has 34 heavy (non-hydrogen) atoms. The summed E-state index contributed by atoms with van der Waals surface area (Å²) < 4.78 is 14.5. The first-order valence-corrected chi connectivity index (χ1v) is 11.8. The summed E-state index contributed by atoms with van der Waals surface area (Å²) in [4.78, 5) is 15.6. The summed E-state index contributed by atoms with van der Waals surface area (Å²) in [6.07, 6.45) is 1.13. The summed E-state index contributed by atoms with van der Waals surface area (Å²) in [5.74, 6) is -0.302. The lowest BCUT2D eigenvalue weighted by Crippen LogP contribution is -2.41. The molecule has 3 aromatic rings. The molecule has 3 aromatic carbocycles. The molecule has 0 spiro atoms. The maximum atomic E-state index is 14.5. The Morgan fingerprint density at radius 3 is 2.53 bits per heavy atom. The highest BCUT2D eigenvalue weighted by Crippen LogP contribution is 2.48. The second-order valence-corrected chi connectivity index (χ2v) is 9.99. The zero-order chi connectivity index (χ0) is 23.9. The van der Waals surface area contributed by atoms with Gasteiger partial charge in [0.1, 0.15) is 5.82 Å². The van der Waals surface area contributed by atoms with Crippen molar-refractivity contribution in [3.05, 3.63) is 102 Å². The summed E-state index contributed by atoms with van der Waals surface area (Å²) in [6, 6.07) is 23.4. The summed E-state index contributed by atoms with van der Waals surface area (Å²) >= 11 is 5.94. The Balaban J connectivity index is 1.73. The van der Waals surface area contributed by atoms with Gasteiger partial charge in [0.25, 0.3) is 0 Å². The van der Waals surface area contributed by atoms with Crippen LogP contribution in [0.4, 0.5) is 21.5 Å². The Bertz CT molecular complexity index is 1300. The van der Waals surface area contributed by atoms with Gasteiger partial charge in [-0.3, -0.25) is 4.79 Å². The zero-order valence-electron chi connectivity index (χ0n) is 19.1. The molecule has 2 N–H and O–H groups in total. The molecule has 1 aliphatic carbocycles. The minimum absolute atomic E-state index is 0.0494. The van der Waals surface area contributed by atoms with Crippen LogP contribution in [-0.2, 0) is 4.79 Å². The van der Waals surface area contributed by atoms with E-state index >= 15 is 0 Å². The normalized spacial score (nSPS) is 19.0. The van der Waals surface area contributed by atoms with E-state index in [0.29, 0.717) is 29.1 Å². The fourth-order valence-corrected chi connectivity index (χ4v) is 5.23. The third kappa shape index (κ3) is 4.21. The van der Waals surface area contributed by atoms with E-state index in [1.807, 2.05) is 65.6 Å². The molecule has 0 fully saturated rings. The van der Waals surface area contributed by atoms with Crippen LogP contribution in [0.25, 0.3) is 0 Å². The van der Waals surface area contributed by atoms with E-state index in [4.69, 9.17) is 12.2 Å². The van der Waals surface area contributed by atoms with Gasteiger partial charge in [-0.05, 0) is 66.0 Å². The van der Waals surface area contributed by atoms with E-state index in [9.17, 15) is 9.18 Å². The first-order chi connectivity index (χ1) is 16.3. The second kappa shape index (κ2) is 8.69. The van der Waals surface area contributed by atoms with Crippen molar-refractivity contribution in [2.75, 3.05) is 15.5 Å². The lowest BCUT2D eigenvalue weighted by atomic mass is 9.73. The lowest BCUT2D eigenvalue weighted by molar-refractivity contribution is -0.118. The number of allylic oxidation sites excluding steroid dienone is 1. The van der Waals surface area contributed by atoms with Crippen molar-refractivity contribution in [2.24, 2.45) is 5.41 Å². The molecule has 0 unspecified atom stereocenters. The minimum Gasteiger partial charge on any atom is -0.357 e. The quantitative estimate of drug-likeness (QED) is 0.401. The van der Waals surface area contributed by atoms with Gasteiger partial charge in [-0.15, -0.1) is 0 Å². The van der Waals surface area contributed by atoms with Crippen LogP contribution in [0, 0.1) is 11.2 Å². The molecule has 0 radical (unpaired) electrons. The molecule has 5 rings (SSSR count). The number of benzene rings is 3. The first-order valence-electron chi connectivity index (χ1n) is 11.4. The predicted molar refractivity (Wildman–Crippen MR) is 139 cm³/mol. The van der Waals surface area contributed by atoms with Crippen LogP contribution in [0.1, 0.15) is 38.3 Å². The summed E-state index contributed by atoms with van der Waals surface area (Å²) in [5, 5.41) is 7.30. The summed E-state index contributed by atoms with van der Waals surface area (Å²) in [5.41, 5.74) is 4.53. The standard InChI is InChI=1S/C28H26FN3OS/c1-28(2)16-22-25(24(33)17-28)26(18-9-8-10-19(29)15-18)32(23-14-7-6-13-21(23)31-22)27(34)30-20-11-4-3-5-12-20/h3-15,26,31H,16-17H2,1-2H3,(H,30,34)/t26-/m0/s1. The zero-order valence-corrected chi connectivity index (χ0v) is 20.0. The lowest BCUT2D eigenvalue weighted by Gasteiger charge is -2.38. The van der Waals surface area contributed by atoms with Crippen molar-refractivity contribution in [1.29, 1.82) is 0 Å². The summed E-state index contributed by atoms with van der Waals surface area (Å²) in [7, 11) is 0. The first kappa shape index (κ1) is 22.3. The Morgan fingerprint density at radius 2 is 1.76 bits per heavy atom.